The molecule has 160 valence electrons. The van der Waals surface area contributed by atoms with Crippen molar-refractivity contribution in [3.8, 4) is 5.69 Å². The quantitative estimate of drug-likeness (QED) is 0.453. The molecule has 8 heteroatoms. The number of anilines is 1. The van der Waals surface area contributed by atoms with E-state index < -0.39 is 0 Å². The molecule has 2 aromatic heterocycles. The van der Waals surface area contributed by atoms with Crippen LogP contribution in [0.5, 0.6) is 0 Å². The van der Waals surface area contributed by atoms with E-state index in [0.717, 1.165) is 23.4 Å². The van der Waals surface area contributed by atoms with Crippen molar-refractivity contribution in [1.82, 2.24) is 19.3 Å². The van der Waals surface area contributed by atoms with Gasteiger partial charge in [0.05, 0.1) is 17.9 Å². The van der Waals surface area contributed by atoms with Gasteiger partial charge in [0, 0.05) is 24.4 Å². The van der Waals surface area contributed by atoms with Gasteiger partial charge in [0.2, 0.25) is 5.91 Å². The summed E-state index contributed by atoms with van der Waals surface area (Å²) in [7, 11) is 0. The third-order valence-corrected chi connectivity index (χ3v) is 7.31. The molecule has 4 heterocycles. The zero-order valence-electron chi connectivity index (χ0n) is 17.6. The summed E-state index contributed by atoms with van der Waals surface area (Å²) >= 11 is 1.53. The van der Waals surface area contributed by atoms with Crippen molar-refractivity contribution >= 4 is 34.4 Å². The fourth-order valence-electron chi connectivity index (χ4n) is 4.64. The Morgan fingerprint density at radius 3 is 2.94 bits per heavy atom. The van der Waals surface area contributed by atoms with Crippen LogP contribution in [0.15, 0.2) is 64.7 Å². The van der Waals surface area contributed by atoms with E-state index in [4.69, 9.17) is 4.98 Å². The molecule has 2 aliphatic rings. The smallest absolute Gasteiger partial charge is 0.265 e. The first-order valence-corrected chi connectivity index (χ1v) is 11.7. The van der Waals surface area contributed by atoms with Crippen LogP contribution in [0.3, 0.4) is 0 Å². The first-order chi connectivity index (χ1) is 15.6. The minimum Gasteiger partial charge on any atom is -0.312 e. The number of para-hydroxylation sites is 1. The Morgan fingerprint density at radius 1 is 1.19 bits per heavy atom. The van der Waals surface area contributed by atoms with Crippen molar-refractivity contribution in [2.24, 2.45) is 0 Å². The second kappa shape index (κ2) is 7.34. The molecule has 2 aromatic carbocycles. The van der Waals surface area contributed by atoms with Crippen LogP contribution in [0, 0.1) is 6.92 Å². The normalized spacial score (nSPS) is 17.0. The molecular weight excluding hydrogens is 422 g/mol. The summed E-state index contributed by atoms with van der Waals surface area (Å²) in [5, 5.41) is 5.56. The number of fused-ring (bicyclic) bond motifs is 3. The Labute approximate surface area is 188 Å². The summed E-state index contributed by atoms with van der Waals surface area (Å²) in [5.74, 6) is 0.712. The van der Waals surface area contributed by atoms with Gasteiger partial charge >= 0.3 is 0 Å². The number of thioether (sulfide) groups is 1. The van der Waals surface area contributed by atoms with E-state index in [9.17, 15) is 9.59 Å². The SMILES string of the molecule is Cc1cccc(-n2ncc3c(=O)n4c(nc32)SCC4CC(=O)N2CCc3ccccc32)c1. The third-order valence-electron chi connectivity index (χ3n) is 6.22. The molecule has 0 radical (unpaired) electrons. The minimum absolute atomic E-state index is 0.0517. The molecule has 1 atom stereocenters. The molecule has 0 fully saturated rings. The van der Waals surface area contributed by atoms with Crippen molar-refractivity contribution in [3.63, 3.8) is 0 Å². The van der Waals surface area contributed by atoms with Gasteiger partial charge in [-0.3, -0.25) is 14.2 Å². The largest absolute Gasteiger partial charge is 0.312 e. The van der Waals surface area contributed by atoms with Gasteiger partial charge in [-0.05, 0) is 42.7 Å². The van der Waals surface area contributed by atoms with Crippen LogP contribution < -0.4 is 10.5 Å². The van der Waals surface area contributed by atoms with E-state index in [0.29, 0.717) is 28.5 Å². The molecule has 4 aromatic rings. The molecule has 2 aliphatic heterocycles. The van der Waals surface area contributed by atoms with Gasteiger partial charge in [0.15, 0.2) is 10.8 Å². The van der Waals surface area contributed by atoms with Crippen molar-refractivity contribution in [2.75, 3.05) is 17.2 Å². The average Bonchev–Trinajstić information content (AvgIpc) is 3.51. The average molecular weight is 444 g/mol. The number of rotatable bonds is 3. The van der Waals surface area contributed by atoms with Gasteiger partial charge in [-0.1, -0.05) is 42.1 Å². The van der Waals surface area contributed by atoms with Crippen molar-refractivity contribution in [1.29, 1.82) is 0 Å². The lowest BCUT2D eigenvalue weighted by molar-refractivity contribution is -0.119. The number of hydrogen-bond acceptors (Lipinski definition) is 5. The molecule has 0 N–H and O–H groups in total. The molecule has 0 spiro atoms. The first kappa shape index (κ1) is 19.3. The lowest BCUT2D eigenvalue weighted by atomic mass is 10.1. The van der Waals surface area contributed by atoms with Crippen LogP contribution >= 0.6 is 11.8 Å². The molecule has 0 bridgehead atoms. The number of nitrogens with zero attached hydrogens (tertiary/aromatic N) is 5. The summed E-state index contributed by atoms with van der Waals surface area (Å²) in [5.41, 5.74) is 4.60. The number of carbonyl (C=O) groups is 1. The van der Waals surface area contributed by atoms with E-state index in [-0.39, 0.29) is 23.9 Å². The molecule has 1 unspecified atom stereocenters. The summed E-state index contributed by atoms with van der Waals surface area (Å²) in [6, 6.07) is 15.8. The first-order valence-electron chi connectivity index (χ1n) is 10.7. The summed E-state index contributed by atoms with van der Waals surface area (Å²) in [4.78, 5) is 33.1. The molecule has 0 saturated heterocycles. The van der Waals surface area contributed by atoms with Crippen molar-refractivity contribution in [2.45, 2.75) is 31.0 Å². The van der Waals surface area contributed by atoms with E-state index in [1.165, 1.54) is 17.3 Å². The number of amides is 1. The van der Waals surface area contributed by atoms with Crippen molar-refractivity contribution < 1.29 is 4.79 Å². The minimum atomic E-state index is -0.206. The van der Waals surface area contributed by atoms with E-state index in [1.54, 1.807) is 15.4 Å². The maximum Gasteiger partial charge on any atom is 0.265 e. The fraction of sp³-hybridized carbons (Fsp3) is 0.250. The van der Waals surface area contributed by atoms with Gasteiger partial charge in [0.1, 0.15) is 5.39 Å². The van der Waals surface area contributed by atoms with Gasteiger partial charge in [0.25, 0.3) is 5.56 Å². The van der Waals surface area contributed by atoms with Crippen LogP contribution in [0.1, 0.15) is 23.6 Å². The predicted molar refractivity (Wildman–Crippen MR) is 125 cm³/mol. The molecule has 1 amide bonds. The van der Waals surface area contributed by atoms with Gasteiger partial charge < -0.3 is 4.90 Å². The number of aryl methyl sites for hydroxylation is 1. The summed E-state index contributed by atoms with van der Waals surface area (Å²) in [6.07, 6.45) is 2.74. The van der Waals surface area contributed by atoms with Crippen molar-refractivity contribution in [3.05, 3.63) is 76.2 Å². The molecule has 6 rings (SSSR count). The van der Waals surface area contributed by atoms with Crippen LogP contribution in [-0.4, -0.2) is 37.5 Å². The molecule has 0 aliphatic carbocycles. The van der Waals surface area contributed by atoms with E-state index in [1.807, 2.05) is 54.3 Å². The standard InChI is InChI=1S/C24H21N5O2S/c1-15-5-4-7-17(11-15)29-22-19(13-25-29)23(31)28-18(14-32-24(28)26-22)12-21(30)27-10-9-16-6-2-3-8-20(16)27/h2-8,11,13,18H,9-10,12,14H2,1H3. The number of carbonyl (C=O) groups excluding carboxylic acids is 1. The highest BCUT2D eigenvalue weighted by molar-refractivity contribution is 7.99. The summed E-state index contributed by atoms with van der Waals surface area (Å²) < 4.78 is 3.40. The second-order valence-electron chi connectivity index (χ2n) is 8.30. The van der Waals surface area contributed by atoms with Crippen LogP contribution in [0.4, 0.5) is 5.69 Å². The zero-order chi connectivity index (χ0) is 21.8. The van der Waals surface area contributed by atoms with Gasteiger partial charge in [-0.25, -0.2) is 9.67 Å². The lowest BCUT2D eigenvalue weighted by Crippen LogP contribution is -2.33. The van der Waals surface area contributed by atoms with E-state index in [2.05, 4.69) is 11.2 Å². The molecule has 0 saturated carbocycles. The third kappa shape index (κ3) is 2.97. The highest BCUT2D eigenvalue weighted by atomic mass is 32.2. The number of hydrogen-bond donors (Lipinski definition) is 0. The zero-order valence-corrected chi connectivity index (χ0v) is 18.4. The lowest BCUT2D eigenvalue weighted by Gasteiger charge is -2.20. The molecule has 7 nitrogen and oxygen atoms in total. The predicted octanol–water partition coefficient (Wildman–Crippen LogP) is 3.52. The highest BCUT2D eigenvalue weighted by Crippen LogP contribution is 2.35. The number of aromatic nitrogens is 4. The van der Waals surface area contributed by atoms with Crippen LogP contribution in [0.25, 0.3) is 16.7 Å². The Bertz CT molecular complexity index is 1440. The van der Waals surface area contributed by atoms with Crippen LogP contribution in [0.2, 0.25) is 0 Å². The Balaban J connectivity index is 1.34. The highest BCUT2D eigenvalue weighted by Gasteiger charge is 2.32. The fourth-order valence-corrected chi connectivity index (χ4v) is 5.77. The van der Waals surface area contributed by atoms with E-state index >= 15 is 0 Å². The van der Waals surface area contributed by atoms with Gasteiger partial charge in [-0.15, -0.1) is 0 Å². The monoisotopic (exact) mass is 443 g/mol. The second-order valence-corrected chi connectivity index (χ2v) is 9.28. The van der Waals surface area contributed by atoms with Crippen LogP contribution in [-0.2, 0) is 11.2 Å². The molecule has 32 heavy (non-hydrogen) atoms. The maximum absolute atomic E-state index is 13.4. The summed E-state index contributed by atoms with van der Waals surface area (Å²) in [6.45, 7) is 2.71. The number of benzene rings is 2. The Hall–Kier alpha value is -3.39. The maximum atomic E-state index is 13.4. The molecular formula is C24H21N5O2S. The topological polar surface area (TPSA) is 73.0 Å². The Morgan fingerprint density at radius 2 is 2.06 bits per heavy atom. The van der Waals surface area contributed by atoms with Gasteiger partial charge in [-0.2, -0.15) is 5.10 Å². The Kier molecular flexibility index (Phi) is 4.43.